The Labute approximate surface area is 91.4 Å². The van der Waals surface area contributed by atoms with Crippen LogP contribution in [-0.2, 0) is 0 Å². The molecule has 0 fully saturated rings. The van der Waals surface area contributed by atoms with Crippen molar-refractivity contribution in [1.29, 1.82) is 0 Å². The van der Waals surface area contributed by atoms with E-state index in [4.69, 9.17) is 10.5 Å². The predicted molar refractivity (Wildman–Crippen MR) is 62.8 cm³/mol. The number of hydrogen-bond donors (Lipinski definition) is 1. The van der Waals surface area contributed by atoms with Crippen molar-refractivity contribution in [2.24, 2.45) is 5.73 Å². The lowest BCUT2D eigenvalue weighted by molar-refractivity contribution is 0.309. The van der Waals surface area contributed by atoms with E-state index >= 15 is 0 Å². The van der Waals surface area contributed by atoms with Crippen LogP contribution in [0.2, 0.25) is 0 Å². The molecule has 1 aromatic rings. The van der Waals surface area contributed by atoms with Gasteiger partial charge in [0.05, 0.1) is 13.2 Å². The van der Waals surface area contributed by atoms with Gasteiger partial charge in [0.2, 0.25) is 0 Å². The van der Waals surface area contributed by atoms with E-state index in [1.807, 2.05) is 24.3 Å². The van der Waals surface area contributed by atoms with Gasteiger partial charge in [0.25, 0.3) is 0 Å². The van der Waals surface area contributed by atoms with Gasteiger partial charge in [-0.3, -0.25) is 0 Å². The number of rotatable bonds is 4. The lowest BCUT2D eigenvalue weighted by atomic mass is 10.2. The number of nitrogens with two attached hydrogens (primary N) is 1. The van der Waals surface area contributed by atoms with Crippen molar-refractivity contribution in [2.75, 3.05) is 13.2 Å². The zero-order chi connectivity index (χ0) is 10.9. The second-order valence-corrected chi connectivity index (χ2v) is 3.23. The largest absolute Gasteiger partial charge is 0.494 e. The van der Waals surface area contributed by atoms with E-state index < -0.39 is 0 Å². The third-order valence-electron chi connectivity index (χ3n) is 1.96. The fourth-order valence-corrected chi connectivity index (χ4v) is 1.12. The zero-order valence-electron chi connectivity index (χ0n) is 9.12. The lowest BCUT2D eigenvalue weighted by Crippen LogP contribution is -1.96. The summed E-state index contributed by atoms with van der Waals surface area (Å²) in [5.74, 6) is 6.69. The summed E-state index contributed by atoms with van der Waals surface area (Å²) in [6, 6.07) is 7.78. The summed E-state index contributed by atoms with van der Waals surface area (Å²) in [4.78, 5) is 0. The quantitative estimate of drug-likeness (QED) is 0.601. The molecule has 0 unspecified atom stereocenters. The highest BCUT2D eigenvalue weighted by Gasteiger charge is 1.92. The van der Waals surface area contributed by atoms with Gasteiger partial charge in [-0.25, -0.2) is 0 Å². The molecule has 0 aliphatic heterocycles. The maximum absolute atomic E-state index is 5.53. The second kappa shape index (κ2) is 6.92. The molecule has 0 aromatic heterocycles. The van der Waals surface area contributed by atoms with Crippen LogP contribution in [0.4, 0.5) is 0 Å². The van der Waals surface area contributed by atoms with Crippen LogP contribution in [0.25, 0.3) is 0 Å². The first kappa shape index (κ1) is 11.6. The van der Waals surface area contributed by atoms with Crippen molar-refractivity contribution in [3.05, 3.63) is 29.8 Å². The average molecular weight is 203 g/mol. The van der Waals surface area contributed by atoms with Crippen LogP contribution in [0.5, 0.6) is 5.75 Å². The highest BCUT2D eigenvalue weighted by atomic mass is 16.5. The molecule has 2 heteroatoms. The third-order valence-corrected chi connectivity index (χ3v) is 1.96. The van der Waals surface area contributed by atoms with Gasteiger partial charge in [0.1, 0.15) is 5.75 Å². The Kier molecular flexibility index (Phi) is 5.35. The predicted octanol–water partition coefficient (Wildman–Crippen LogP) is 2.18. The smallest absolute Gasteiger partial charge is 0.119 e. The van der Waals surface area contributed by atoms with Crippen molar-refractivity contribution in [2.45, 2.75) is 19.8 Å². The van der Waals surface area contributed by atoms with Crippen molar-refractivity contribution in [1.82, 2.24) is 0 Å². The Morgan fingerprint density at radius 3 is 2.60 bits per heavy atom. The van der Waals surface area contributed by atoms with Crippen molar-refractivity contribution >= 4 is 0 Å². The second-order valence-electron chi connectivity index (χ2n) is 3.23. The van der Waals surface area contributed by atoms with Crippen LogP contribution in [-0.4, -0.2) is 13.2 Å². The first-order valence-corrected chi connectivity index (χ1v) is 5.28. The van der Waals surface area contributed by atoms with Crippen molar-refractivity contribution < 1.29 is 4.74 Å². The SMILES string of the molecule is CCCCOc1ccc(C#CCN)cc1. The van der Waals surface area contributed by atoms with Crippen molar-refractivity contribution in [3.63, 3.8) is 0 Å². The summed E-state index contributed by atoms with van der Waals surface area (Å²) in [7, 11) is 0. The summed E-state index contributed by atoms with van der Waals surface area (Å²) < 4.78 is 5.53. The minimum atomic E-state index is 0.398. The molecule has 1 rings (SSSR count). The molecule has 0 radical (unpaired) electrons. The van der Waals surface area contributed by atoms with Gasteiger partial charge in [-0.15, -0.1) is 0 Å². The van der Waals surface area contributed by atoms with E-state index in [1.165, 1.54) is 0 Å². The van der Waals surface area contributed by atoms with Gasteiger partial charge in [0.15, 0.2) is 0 Å². The van der Waals surface area contributed by atoms with Gasteiger partial charge < -0.3 is 10.5 Å². The summed E-state index contributed by atoms with van der Waals surface area (Å²) in [6.07, 6.45) is 2.24. The lowest BCUT2D eigenvalue weighted by Gasteiger charge is -2.04. The first-order chi connectivity index (χ1) is 7.36. The summed E-state index contributed by atoms with van der Waals surface area (Å²) >= 11 is 0. The van der Waals surface area contributed by atoms with Crippen LogP contribution in [0.3, 0.4) is 0 Å². The van der Waals surface area contributed by atoms with Gasteiger partial charge in [-0.05, 0) is 30.7 Å². The molecule has 0 aliphatic rings. The summed E-state index contributed by atoms with van der Waals surface area (Å²) in [6.45, 7) is 3.33. The minimum absolute atomic E-state index is 0.398. The van der Waals surface area contributed by atoms with Gasteiger partial charge in [-0.2, -0.15) is 0 Å². The average Bonchev–Trinajstić information content (AvgIpc) is 2.28. The molecule has 0 saturated heterocycles. The van der Waals surface area contributed by atoms with Gasteiger partial charge >= 0.3 is 0 Å². The maximum atomic E-state index is 5.53. The van der Waals surface area contributed by atoms with E-state index in [1.54, 1.807) is 0 Å². The Balaban J connectivity index is 2.49. The summed E-state index contributed by atoms with van der Waals surface area (Å²) in [5, 5.41) is 0. The zero-order valence-corrected chi connectivity index (χ0v) is 9.12. The Hall–Kier alpha value is -1.46. The van der Waals surface area contributed by atoms with Crippen molar-refractivity contribution in [3.8, 4) is 17.6 Å². The molecule has 0 bridgehead atoms. The maximum Gasteiger partial charge on any atom is 0.119 e. The third kappa shape index (κ3) is 4.53. The number of unbranched alkanes of at least 4 members (excludes halogenated alkanes) is 1. The van der Waals surface area contributed by atoms with Gasteiger partial charge in [-0.1, -0.05) is 25.2 Å². The Morgan fingerprint density at radius 2 is 2.00 bits per heavy atom. The molecule has 1 aromatic carbocycles. The molecule has 0 atom stereocenters. The van der Waals surface area contributed by atoms with Crippen LogP contribution in [0, 0.1) is 11.8 Å². The van der Waals surface area contributed by atoms with E-state index in [-0.39, 0.29) is 0 Å². The molecule has 15 heavy (non-hydrogen) atoms. The van der Waals surface area contributed by atoms with Crippen LogP contribution in [0.1, 0.15) is 25.3 Å². The topological polar surface area (TPSA) is 35.2 Å². The van der Waals surface area contributed by atoms with Gasteiger partial charge in [0, 0.05) is 5.56 Å². The fraction of sp³-hybridized carbons (Fsp3) is 0.385. The Bertz CT molecular complexity index is 332. The normalized spacial score (nSPS) is 9.20. The van der Waals surface area contributed by atoms with E-state index in [2.05, 4.69) is 18.8 Å². The first-order valence-electron chi connectivity index (χ1n) is 5.28. The number of benzene rings is 1. The fourth-order valence-electron chi connectivity index (χ4n) is 1.12. The molecular weight excluding hydrogens is 186 g/mol. The number of ether oxygens (including phenoxy) is 1. The van der Waals surface area contributed by atoms with E-state index in [0.29, 0.717) is 6.54 Å². The molecule has 0 spiro atoms. The van der Waals surface area contributed by atoms with Crippen LogP contribution < -0.4 is 10.5 Å². The van der Waals surface area contributed by atoms with Crippen LogP contribution >= 0.6 is 0 Å². The molecular formula is C13H17NO. The minimum Gasteiger partial charge on any atom is -0.494 e. The van der Waals surface area contributed by atoms with E-state index in [9.17, 15) is 0 Å². The molecule has 0 amide bonds. The standard InChI is InChI=1S/C13H17NO/c1-2-3-11-15-13-8-6-12(7-9-13)5-4-10-14/h6-9H,2-3,10-11,14H2,1H3. The Morgan fingerprint density at radius 1 is 1.27 bits per heavy atom. The monoisotopic (exact) mass is 203 g/mol. The van der Waals surface area contributed by atoms with E-state index in [0.717, 1.165) is 30.8 Å². The molecule has 0 heterocycles. The summed E-state index contributed by atoms with van der Waals surface area (Å²) in [5.41, 5.74) is 6.26. The van der Waals surface area contributed by atoms with Crippen LogP contribution in [0.15, 0.2) is 24.3 Å². The molecule has 2 N–H and O–H groups in total. The molecule has 80 valence electrons. The molecule has 0 saturated carbocycles. The molecule has 0 aliphatic carbocycles. The highest BCUT2D eigenvalue weighted by Crippen LogP contribution is 2.11. The molecule has 2 nitrogen and oxygen atoms in total. The number of hydrogen-bond acceptors (Lipinski definition) is 2. The highest BCUT2D eigenvalue weighted by molar-refractivity contribution is 5.38.